The van der Waals surface area contributed by atoms with E-state index in [1.807, 2.05) is 32.0 Å². The Labute approximate surface area is 192 Å². The Morgan fingerprint density at radius 3 is 2.18 bits per heavy atom. The summed E-state index contributed by atoms with van der Waals surface area (Å²) in [6.45, 7) is 3.84. The molecule has 3 aromatic rings. The number of fused-ring (bicyclic) bond motifs is 1. The van der Waals surface area contributed by atoms with Crippen LogP contribution >= 0.6 is 0 Å². The van der Waals surface area contributed by atoms with Crippen LogP contribution in [0.1, 0.15) is 40.7 Å². The Balaban J connectivity index is 1.66. The van der Waals surface area contributed by atoms with Crippen LogP contribution in [0.25, 0.3) is 0 Å². The minimum atomic E-state index is -4.37. The first kappa shape index (κ1) is 23.4. The molecule has 0 bridgehead atoms. The van der Waals surface area contributed by atoms with E-state index < -0.39 is 21.8 Å². The molecule has 3 aromatic carbocycles. The van der Waals surface area contributed by atoms with E-state index in [0.717, 1.165) is 40.8 Å². The molecule has 0 aromatic heterocycles. The molecule has 0 N–H and O–H groups in total. The number of hydrogen-bond acceptors (Lipinski definition) is 2. The molecule has 0 spiro atoms. The summed E-state index contributed by atoms with van der Waals surface area (Å²) in [5, 5.41) is 0. The Morgan fingerprint density at radius 1 is 0.909 bits per heavy atom. The summed E-state index contributed by atoms with van der Waals surface area (Å²) in [4.78, 5) is 0.238. The van der Waals surface area contributed by atoms with Gasteiger partial charge < -0.3 is 0 Å². The van der Waals surface area contributed by atoms with Gasteiger partial charge in [0.15, 0.2) is 0 Å². The van der Waals surface area contributed by atoms with E-state index in [1.54, 1.807) is 24.3 Å². The number of hydrogen-bond donors (Lipinski definition) is 0. The van der Waals surface area contributed by atoms with E-state index in [2.05, 4.69) is 0 Å². The molecule has 33 heavy (non-hydrogen) atoms. The molecule has 0 saturated heterocycles. The Hall–Kier alpha value is -2.80. The van der Waals surface area contributed by atoms with Crippen LogP contribution in [0.4, 0.5) is 18.9 Å². The van der Waals surface area contributed by atoms with Crippen molar-refractivity contribution in [1.82, 2.24) is 0 Å². The summed E-state index contributed by atoms with van der Waals surface area (Å²) in [5.74, 6) is 0. The zero-order valence-corrected chi connectivity index (χ0v) is 19.4. The van der Waals surface area contributed by atoms with Gasteiger partial charge in [0, 0.05) is 6.04 Å². The lowest BCUT2D eigenvalue weighted by atomic mass is 9.93. The number of alkyl halides is 3. The number of anilines is 1. The highest BCUT2D eigenvalue weighted by molar-refractivity contribution is 7.92. The molecule has 1 aliphatic heterocycles. The average molecular weight is 474 g/mol. The van der Waals surface area contributed by atoms with E-state index in [4.69, 9.17) is 0 Å². The van der Waals surface area contributed by atoms with Gasteiger partial charge in [-0.25, -0.2) is 8.42 Å². The van der Waals surface area contributed by atoms with Crippen molar-refractivity contribution in [2.45, 2.75) is 56.6 Å². The van der Waals surface area contributed by atoms with Gasteiger partial charge in [0.05, 0.1) is 16.1 Å². The maximum Gasteiger partial charge on any atom is 0.416 e. The summed E-state index contributed by atoms with van der Waals surface area (Å²) >= 11 is 0. The highest BCUT2D eigenvalue weighted by atomic mass is 32.2. The third-order valence-corrected chi connectivity index (χ3v) is 8.06. The van der Waals surface area contributed by atoms with Gasteiger partial charge in [-0.1, -0.05) is 42.0 Å². The SMILES string of the molecule is Cc1ccc(S(=O)(=O)N2c3cc(C)ccc3CCC2CCc2ccc(C(F)(F)F)cc2)cc1. The van der Waals surface area contributed by atoms with Crippen LogP contribution in [0.5, 0.6) is 0 Å². The second-order valence-electron chi connectivity index (χ2n) is 8.67. The summed E-state index contributed by atoms with van der Waals surface area (Å²) < 4.78 is 67.6. The lowest BCUT2D eigenvalue weighted by Crippen LogP contribution is -2.44. The minimum Gasteiger partial charge on any atom is -0.263 e. The fraction of sp³-hybridized carbons (Fsp3) is 0.308. The predicted molar refractivity (Wildman–Crippen MR) is 124 cm³/mol. The summed E-state index contributed by atoms with van der Waals surface area (Å²) in [5.41, 5.74) is 3.70. The van der Waals surface area contributed by atoms with Gasteiger partial charge in [-0.3, -0.25) is 4.31 Å². The average Bonchev–Trinajstić information content (AvgIpc) is 2.77. The van der Waals surface area contributed by atoms with Crippen molar-refractivity contribution in [1.29, 1.82) is 0 Å². The number of rotatable bonds is 5. The van der Waals surface area contributed by atoms with Gasteiger partial charge in [0.1, 0.15) is 0 Å². The normalized spacial score (nSPS) is 16.5. The Kier molecular flexibility index (Phi) is 6.27. The molecule has 1 atom stereocenters. The molecule has 0 amide bonds. The molecule has 1 heterocycles. The van der Waals surface area contributed by atoms with Gasteiger partial charge >= 0.3 is 6.18 Å². The van der Waals surface area contributed by atoms with Gasteiger partial charge in [0.25, 0.3) is 10.0 Å². The third kappa shape index (κ3) is 4.93. The van der Waals surface area contributed by atoms with Crippen molar-refractivity contribution in [3.05, 3.63) is 94.5 Å². The van der Waals surface area contributed by atoms with Crippen LogP contribution in [-0.4, -0.2) is 14.5 Å². The van der Waals surface area contributed by atoms with Crippen molar-refractivity contribution < 1.29 is 21.6 Å². The summed E-state index contributed by atoms with van der Waals surface area (Å²) in [7, 11) is -3.80. The van der Waals surface area contributed by atoms with E-state index in [9.17, 15) is 21.6 Å². The Bertz CT molecular complexity index is 1230. The first-order chi connectivity index (χ1) is 15.6. The van der Waals surface area contributed by atoms with Crippen LogP contribution in [0.15, 0.2) is 71.6 Å². The molecule has 0 fully saturated rings. The Morgan fingerprint density at radius 2 is 1.55 bits per heavy atom. The maximum atomic E-state index is 13.8. The van der Waals surface area contributed by atoms with Crippen molar-refractivity contribution in [3.8, 4) is 0 Å². The smallest absolute Gasteiger partial charge is 0.263 e. The lowest BCUT2D eigenvalue weighted by molar-refractivity contribution is -0.137. The van der Waals surface area contributed by atoms with Crippen LogP contribution in [0.3, 0.4) is 0 Å². The second-order valence-corrected chi connectivity index (χ2v) is 10.5. The molecule has 1 aliphatic rings. The fourth-order valence-electron chi connectivity index (χ4n) is 4.33. The van der Waals surface area contributed by atoms with E-state index >= 15 is 0 Å². The number of halogens is 3. The zero-order chi connectivity index (χ0) is 23.8. The van der Waals surface area contributed by atoms with Crippen LogP contribution in [0.2, 0.25) is 0 Å². The zero-order valence-electron chi connectivity index (χ0n) is 18.6. The van der Waals surface area contributed by atoms with Crippen molar-refractivity contribution >= 4 is 15.7 Å². The van der Waals surface area contributed by atoms with Gasteiger partial charge in [-0.2, -0.15) is 13.2 Å². The van der Waals surface area contributed by atoms with E-state index in [-0.39, 0.29) is 10.9 Å². The van der Waals surface area contributed by atoms with E-state index in [1.165, 1.54) is 16.4 Å². The lowest BCUT2D eigenvalue weighted by Gasteiger charge is -2.38. The van der Waals surface area contributed by atoms with Crippen LogP contribution in [0, 0.1) is 13.8 Å². The van der Waals surface area contributed by atoms with Crippen molar-refractivity contribution in [2.75, 3.05) is 4.31 Å². The number of sulfonamides is 1. The van der Waals surface area contributed by atoms with E-state index in [0.29, 0.717) is 24.9 Å². The second kappa shape index (κ2) is 8.86. The third-order valence-electron chi connectivity index (χ3n) is 6.18. The number of aryl methyl sites for hydroxylation is 4. The summed E-state index contributed by atoms with van der Waals surface area (Å²) in [6, 6.07) is 17.5. The van der Waals surface area contributed by atoms with Crippen molar-refractivity contribution in [3.63, 3.8) is 0 Å². The first-order valence-corrected chi connectivity index (χ1v) is 12.4. The largest absolute Gasteiger partial charge is 0.416 e. The van der Waals surface area contributed by atoms with Gasteiger partial charge in [-0.05, 0) is 86.6 Å². The van der Waals surface area contributed by atoms with Crippen molar-refractivity contribution in [2.24, 2.45) is 0 Å². The quantitative estimate of drug-likeness (QED) is 0.426. The highest BCUT2D eigenvalue weighted by Gasteiger charge is 2.36. The molecule has 174 valence electrons. The predicted octanol–water partition coefficient (Wildman–Crippen LogP) is 6.47. The molecule has 0 aliphatic carbocycles. The standard InChI is InChI=1S/C26H26F3NO2S/c1-18-4-15-24(16-5-18)33(31,32)30-23(14-10-21-9-3-19(2)17-25(21)30)13-8-20-6-11-22(12-7-20)26(27,28)29/h3-7,9,11-12,15-17,23H,8,10,13-14H2,1-2H3. The topological polar surface area (TPSA) is 37.4 Å². The molecule has 7 heteroatoms. The molecule has 0 saturated carbocycles. The molecular weight excluding hydrogens is 447 g/mol. The monoisotopic (exact) mass is 473 g/mol. The first-order valence-electron chi connectivity index (χ1n) is 10.9. The molecule has 3 nitrogen and oxygen atoms in total. The molecule has 1 unspecified atom stereocenters. The molecular formula is C26H26F3NO2S. The fourth-order valence-corrected chi connectivity index (χ4v) is 6.07. The molecule has 4 rings (SSSR count). The van der Waals surface area contributed by atoms with Crippen LogP contribution < -0.4 is 4.31 Å². The molecule has 0 radical (unpaired) electrons. The number of benzene rings is 3. The van der Waals surface area contributed by atoms with Crippen LogP contribution in [-0.2, 0) is 29.0 Å². The van der Waals surface area contributed by atoms with Gasteiger partial charge in [0.2, 0.25) is 0 Å². The summed E-state index contributed by atoms with van der Waals surface area (Å²) in [6.07, 6.45) is -1.95. The maximum absolute atomic E-state index is 13.8. The number of nitrogens with zero attached hydrogens (tertiary/aromatic N) is 1. The minimum absolute atomic E-state index is 0.238. The highest BCUT2D eigenvalue weighted by Crippen LogP contribution is 2.38. The van der Waals surface area contributed by atoms with Gasteiger partial charge in [-0.15, -0.1) is 0 Å².